The summed E-state index contributed by atoms with van der Waals surface area (Å²) in [6.07, 6.45) is 4.57. The van der Waals surface area contributed by atoms with Gasteiger partial charge in [-0.25, -0.2) is 8.42 Å². The van der Waals surface area contributed by atoms with Crippen molar-refractivity contribution in [2.24, 2.45) is 17.6 Å². The third-order valence-corrected chi connectivity index (χ3v) is 5.32. The van der Waals surface area contributed by atoms with Gasteiger partial charge in [0.25, 0.3) is 5.91 Å². The highest BCUT2D eigenvalue weighted by atomic mass is 32.2. The highest BCUT2D eigenvalue weighted by Gasteiger charge is 2.26. The van der Waals surface area contributed by atoms with Crippen molar-refractivity contribution in [3.63, 3.8) is 0 Å². The number of benzene rings is 1. The first-order valence-corrected chi connectivity index (χ1v) is 9.09. The van der Waals surface area contributed by atoms with Gasteiger partial charge in [0.1, 0.15) is 0 Å². The van der Waals surface area contributed by atoms with Gasteiger partial charge >= 0.3 is 0 Å². The van der Waals surface area contributed by atoms with Crippen molar-refractivity contribution >= 4 is 15.7 Å². The van der Waals surface area contributed by atoms with Crippen molar-refractivity contribution in [2.45, 2.75) is 24.2 Å². The Morgan fingerprint density at radius 2 is 1.86 bits per heavy atom. The lowest BCUT2D eigenvalue weighted by Crippen LogP contribution is -2.32. The van der Waals surface area contributed by atoms with Gasteiger partial charge in [0.15, 0.2) is 9.84 Å². The molecule has 1 saturated carbocycles. The van der Waals surface area contributed by atoms with Crippen LogP contribution in [0.4, 0.5) is 0 Å². The predicted molar refractivity (Wildman–Crippen MR) is 81.8 cm³/mol. The van der Waals surface area contributed by atoms with Crippen LogP contribution in [0.15, 0.2) is 29.2 Å². The van der Waals surface area contributed by atoms with Crippen molar-refractivity contribution in [2.75, 3.05) is 19.3 Å². The Kier molecular flexibility index (Phi) is 5.00. The van der Waals surface area contributed by atoms with Crippen LogP contribution in [0.25, 0.3) is 0 Å². The maximum absolute atomic E-state index is 12.1. The summed E-state index contributed by atoms with van der Waals surface area (Å²) in [5, 5.41) is 2.92. The van der Waals surface area contributed by atoms with E-state index >= 15 is 0 Å². The van der Waals surface area contributed by atoms with Crippen LogP contribution in [0.1, 0.15) is 29.6 Å². The molecule has 0 radical (unpaired) electrons. The molecule has 1 aliphatic carbocycles. The van der Waals surface area contributed by atoms with Crippen molar-refractivity contribution in [1.82, 2.24) is 5.32 Å². The number of amides is 1. The van der Waals surface area contributed by atoms with Crippen LogP contribution in [0.5, 0.6) is 0 Å². The quantitative estimate of drug-likeness (QED) is 0.855. The van der Waals surface area contributed by atoms with E-state index in [2.05, 4.69) is 5.32 Å². The molecule has 0 spiro atoms. The summed E-state index contributed by atoms with van der Waals surface area (Å²) in [6.45, 7) is 1.30. The largest absolute Gasteiger partial charge is 0.352 e. The van der Waals surface area contributed by atoms with E-state index in [0.29, 0.717) is 30.5 Å². The minimum Gasteiger partial charge on any atom is -0.352 e. The van der Waals surface area contributed by atoms with Crippen LogP contribution in [0.2, 0.25) is 0 Å². The highest BCUT2D eigenvalue weighted by Crippen LogP contribution is 2.30. The van der Waals surface area contributed by atoms with Gasteiger partial charge in [0.2, 0.25) is 0 Å². The molecule has 0 heterocycles. The molecule has 3 N–H and O–H groups in total. The number of nitrogens with two attached hydrogens (primary N) is 1. The van der Waals surface area contributed by atoms with Gasteiger partial charge in [-0.3, -0.25) is 4.79 Å². The number of hydrogen-bond acceptors (Lipinski definition) is 4. The molecule has 0 bridgehead atoms. The molecule has 6 heteroatoms. The normalized spacial score (nSPS) is 22.2. The van der Waals surface area contributed by atoms with Gasteiger partial charge in [0, 0.05) is 18.4 Å². The number of rotatable bonds is 5. The monoisotopic (exact) mass is 310 g/mol. The van der Waals surface area contributed by atoms with Gasteiger partial charge in [-0.1, -0.05) is 6.42 Å². The van der Waals surface area contributed by atoms with Gasteiger partial charge in [0.05, 0.1) is 4.90 Å². The second-order valence-electron chi connectivity index (χ2n) is 5.69. The minimum atomic E-state index is -3.23. The van der Waals surface area contributed by atoms with E-state index < -0.39 is 9.84 Å². The third-order valence-electron chi connectivity index (χ3n) is 4.19. The molecule has 1 fully saturated rings. The van der Waals surface area contributed by atoms with E-state index in [-0.39, 0.29) is 10.8 Å². The summed E-state index contributed by atoms with van der Waals surface area (Å²) in [5.74, 6) is 0.782. The molecule has 1 amide bonds. The predicted octanol–water partition coefficient (Wildman–Crippen LogP) is 1.19. The Morgan fingerprint density at radius 3 is 2.43 bits per heavy atom. The lowest BCUT2D eigenvalue weighted by atomic mass is 9.96. The van der Waals surface area contributed by atoms with Gasteiger partial charge in [-0.05, 0) is 55.5 Å². The van der Waals surface area contributed by atoms with E-state index in [1.165, 1.54) is 18.6 Å². The Balaban J connectivity index is 1.94. The molecule has 0 aliphatic heterocycles. The molecule has 1 aliphatic rings. The molecule has 0 aromatic heterocycles. The maximum Gasteiger partial charge on any atom is 0.251 e. The molecule has 0 saturated heterocycles. The fraction of sp³-hybridized carbons (Fsp3) is 0.533. The average molecular weight is 310 g/mol. The Labute approximate surface area is 125 Å². The SMILES string of the molecule is CS(=O)(=O)c1ccc(C(=O)NCC2CCCC2CN)cc1. The molecule has 2 rings (SSSR count). The topological polar surface area (TPSA) is 89.3 Å². The first kappa shape index (κ1) is 16.0. The number of carbonyl (C=O) groups is 1. The summed E-state index contributed by atoms with van der Waals surface area (Å²) < 4.78 is 22.7. The van der Waals surface area contributed by atoms with Crippen LogP contribution in [-0.2, 0) is 9.84 Å². The number of carbonyl (C=O) groups excluding carboxylic acids is 1. The number of sulfone groups is 1. The van der Waals surface area contributed by atoms with Crippen molar-refractivity contribution in [3.8, 4) is 0 Å². The molecule has 2 atom stereocenters. The zero-order chi connectivity index (χ0) is 15.5. The van der Waals surface area contributed by atoms with Gasteiger partial charge in [-0.15, -0.1) is 0 Å². The van der Waals surface area contributed by atoms with Crippen LogP contribution in [0.3, 0.4) is 0 Å². The summed E-state index contributed by atoms with van der Waals surface area (Å²) >= 11 is 0. The van der Waals surface area contributed by atoms with E-state index in [0.717, 1.165) is 19.1 Å². The first-order chi connectivity index (χ1) is 9.91. The maximum atomic E-state index is 12.1. The second kappa shape index (κ2) is 6.58. The Hall–Kier alpha value is -1.40. The van der Waals surface area contributed by atoms with Gasteiger partial charge in [-0.2, -0.15) is 0 Å². The molecule has 1 aromatic rings. The fourth-order valence-electron chi connectivity index (χ4n) is 2.87. The van der Waals surface area contributed by atoms with Crippen LogP contribution < -0.4 is 11.1 Å². The van der Waals surface area contributed by atoms with Crippen LogP contribution >= 0.6 is 0 Å². The zero-order valence-electron chi connectivity index (χ0n) is 12.2. The number of hydrogen-bond donors (Lipinski definition) is 2. The van der Waals surface area contributed by atoms with Crippen molar-refractivity contribution in [3.05, 3.63) is 29.8 Å². The lowest BCUT2D eigenvalue weighted by molar-refractivity contribution is 0.0944. The first-order valence-electron chi connectivity index (χ1n) is 7.20. The summed E-state index contributed by atoms with van der Waals surface area (Å²) in [6, 6.07) is 6.01. The number of nitrogens with one attached hydrogen (secondary N) is 1. The van der Waals surface area contributed by atoms with Gasteiger partial charge < -0.3 is 11.1 Å². The molecule has 21 heavy (non-hydrogen) atoms. The molecule has 2 unspecified atom stereocenters. The molecule has 116 valence electrons. The minimum absolute atomic E-state index is 0.169. The Bertz CT molecular complexity index is 596. The Morgan fingerprint density at radius 1 is 1.24 bits per heavy atom. The third kappa shape index (κ3) is 4.04. The van der Waals surface area contributed by atoms with Crippen molar-refractivity contribution in [1.29, 1.82) is 0 Å². The van der Waals surface area contributed by atoms with E-state index in [1.807, 2.05) is 0 Å². The average Bonchev–Trinajstić information content (AvgIpc) is 2.91. The molecular weight excluding hydrogens is 288 g/mol. The lowest BCUT2D eigenvalue weighted by Gasteiger charge is -2.18. The molecular formula is C15H22N2O3S. The van der Waals surface area contributed by atoms with E-state index in [1.54, 1.807) is 12.1 Å². The fourth-order valence-corrected chi connectivity index (χ4v) is 3.50. The summed E-state index contributed by atoms with van der Waals surface area (Å²) in [4.78, 5) is 12.3. The molecule has 1 aromatic carbocycles. The van der Waals surface area contributed by atoms with Crippen LogP contribution in [0, 0.1) is 11.8 Å². The zero-order valence-corrected chi connectivity index (χ0v) is 13.0. The van der Waals surface area contributed by atoms with E-state index in [9.17, 15) is 13.2 Å². The summed E-state index contributed by atoms with van der Waals surface area (Å²) in [5.41, 5.74) is 6.21. The second-order valence-corrected chi connectivity index (χ2v) is 7.71. The van der Waals surface area contributed by atoms with Crippen LogP contribution in [-0.4, -0.2) is 33.7 Å². The van der Waals surface area contributed by atoms with E-state index in [4.69, 9.17) is 5.73 Å². The smallest absolute Gasteiger partial charge is 0.251 e. The summed E-state index contributed by atoms with van der Waals surface area (Å²) in [7, 11) is -3.23. The standard InChI is InChI=1S/C15H22N2O3S/c1-21(19,20)14-7-5-11(6-8-14)15(18)17-10-13-4-2-3-12(13)9-16/h5-8,12-13H,2-4,9-10,16H2,1H3,(H,17,18). The highest BCUT2D eigenvalue weighted by molar-refractivity contribution is 7.90. The van der Waals surface area contributed by atoms with Crippen molar-refractivity contribution < 1.29 is 13.2 Å². The molecule has 5 nitrogen and oxygen atoms in total.